The van der Waals surface area contributed by atoms with Crippen LogP contribution < -0.4 is 5.73 Å². The van der Waals surface area contributed by atoms with E-state index in [-0.39, 0.29) is 10.6 Å². The molecule has 7 heteroatoms. The quantitative estimate of drug-likeness (QED) is 0.821. The lowest BCUT2D eigenvalue weighted by atomic mass is 10.4. The van der Waals surface area contributed by atoms with Crippen molar-refractivity contribution < 1.29 is 13.2 Å². The number of aryl methyl sites for hydroxylation is 1. The SMILES string of the molecule is Cn1cc(S(=O)(=O)N2CCCC2)cc1C(N)=O. The van der Waals surface area contributed by atoms with E-state index in [1.54, 1.807) is 7.05 Å². The van der Waals surface area contributed by atoms with Gasteiger partial charge < -0.3 is 10.3 Å². The Morgan fingerprint density at radius 2 is 1.94 bits per heavy atom. The standard InChI is InChI=1S/C10H15N3O3S/c1-12-7-8(6-9(12)10(11)14)17(15,16)13-4-2-3-5-13/h6-7H,2-5H2,1H3,(H2,11,14). The molecule has 1 amide bonds. The fourth-order valence-corrected chi connectivity index (χ4v) is 3.59. The molecule has 2 N–H and O–H groups in total. The van der Waals surface area contributed by atoms with Gasteiger partial charge in [0.25, 0.3) is 5.91 Å². The number of hydrogen-bond donors (Lipinski definition) is 1. The van der Waals surface area contributed by atoms with Crippen molar-refractivity contribution in [2.24, 2.45) is 12.8 Å². The summed E-state index contributed by atoms with van der Waals surface area (Å²) in [6.07, 6.45) is 3.19. The lowest BCUT2D eigenvalue weighted by Gasteiger charge is -2.13. The second kappa shape index (κ2) is 4.15. The maximum Gasteiger partial charge on any atom is 0.265 e. The molecule has 0 bridgehead atoms. The largest absolute Gasteiger partial charge is 0.364 e. The highest BCUT2D eigenvalue weighted by molar-refractivity contribution is 7.89. The van der Waals surface area contributed by atoms with E-state index < -0.39 is 15.9 Å². The second-order valence-electron chi connectivity index (χ2n) is 4.15. The fraction of sp³-hybridized carbons (Fsp3) is 0.500. The minimum absolute atomic E-state index is 0.135. The molecule has 0 spiro atoms. The van der Waals surface area contributed by atoms with Gasteiger partial charge in [0.15, 0.2) is 0 Å². The highest BCUT2D eigenvalue weighted by Crippen LogP contribution is 2.22. The zero-order chi connectivity index (χ0) is 12.6. The molecule has 1 aliphatic rings. The monoisotopic (exact) mass is 257 g/mol. The van der Waals surface area contributed by atoms with E-state index in [0.717, 1.165) is 12.8 Å². The van der Waals surface area contributed by atoms with Crippen molar-refractivity contribution in [3.63, 3.8) is 0 Å². The molecule has 94 valence electrons. The number of carbonyl (C=O) groups is 1. The van der Waals surface area contributed by atoms with Gasteiger partial charge in [0.2, 0.25) is 10.0 Å². The Hall–Kier alpha value is -1.34. The molecule has 1 fully saturated rings. The van der Waals surface area contributed by atoms with Crippen LogP contribution >= 0.6 is 0 Å². The van der Waals surface area contributed by atoms with Crippen molar-refractivity contribution >= 4 is 15.9 Å². The molecule has 2 heterocycles. The third-order valence-electron chi connectivity index (χ3n) is 2.94. The number of sulfonamides is 1. The average Bonchev–Trinajstić information content (AvgIpc) is 2.84. The summed E-state index contributed by atoms with van der Waals surface area (Å²) < 4.78 is 27.2. The summed E-state index contributed by atoms with van der Waals surface area (Å²) in [5.74, 6) is -0.629. The molecular formula is C10H15N3O3S. The molecule has 6 nitrogen and oxygen atoms in total. The summed E-state index contributed by atoms with van der Waals surface area (Å²) in [5.41, 5.74) is 5.35. The number of rotatable bonds is 3. The van der Waals surface area contributed by atoms with E-state index in [1.807, 2.05) is 0 Å². The van der Waals surface area contributed by atoms with Gasteiger partial charge in [-0.05, 0) is 18.9 Å². The molecular weight excluding hydrogens is 242 g/mol. The van der Waals surface area contributed by atoms with Crippen LogP contribution in [-0.2, 0) is 17.1 Å². The highest BCUT2D eigenvalue weighted by atomic mass is 32.2. The zero-order valence-electron chi connectivity index (χ0n) is 9.59. The summed E-state index contributed by atoms with van der Waals surface area (Å²) in [5, 5.41) is 0. The van der Waals surface area contributed by atoms with Crippen LogP contribution in [0.3, 0.4) is 0 Å². The van der Waals surface area contributed by atoms with E-state index >= 15 is 0 Å². The Morgan fingerprint density at radius 3 is 2.41 bits per heavy atom. The van der Waals surface area contributed by atoms with Gasteiger partial charge in [0, 0.05) is 26.3 Å². The number of nitrogens with two attached hydrogens (primary N) is 1. The van der Waals surface area contributed by atoms with Crippen LogP contribution in [0.25, 0.3) is 0 Å². The van der Waals surface area contributed by atoms with Crippen LogP contribution in [0.1, 0.15) is 23.3 Å². The second-order valence-corrected chi connectivity index (χ2v) is 6.09. The van der Waals surface area contributed by atoms with Crippen molar-refractivity contribution in [3.05, 3.63) is 18.0 Å². The molecule has 0 atom stereocenters. The van der Waals surface area contributed by atoms with E-state index in [2.05, 4.69) is 0 Å². The van der Waals surface area contributed by atoms with Gasteiger partial charge in [-0.25, -0.2) is 8.42 Å². The highest BCUT2D eigenvalue weighted by Gasteiger charge is 2.29. The van der Waals surface area contributed by atoms with E-state index in [1.165, 1.54) is 21.1 Å². The van der Waals surface area contributed by atoms with E-state index in [4.69, 9.17) is 5.73 Å². The number of hydrogen-bond acceptors (Lipinski definition) is 3. The predicted octanol–water partition coefficient (Wildman–Crippen LogP) is -0.0915. The molecule has 2 rings (SSSR count). The summed E-state index contributed by atoms with van der Waals surface area (Å²) in [6.45, 7) is 1.09. The first kappa shape index (κ1) is 12.1. The molecule has 1 aliphatic heterocycles. The molecule has 1 aromatic rings. The topological polar surface area (TPSA) is 85.4 Å². The molecule has 0 saturated carbocycles. The van der Waals surface area contributed by atoms with Crippen molar-refractivity contribution in [2.75, 3.05) is 13.1 Å². The van der Waals surface area contributed by atoms with Crippen LogP contribution in [0, 0.1) is 0 Å². The maximum absolute atomic E-state index is 12.2. The van der Waals surface area contributed by atoms with Crippen LogP contribution in [0.15, 0.2) is 17.2 Å². The summed E-state index contributed by atoms with van der Waals surface area (Å²) in [6, 6.07) is 1.33. The van der Waals surface area contributed by atoms with Crippen LogP contribution in [-0.4, -0.2) is 36.3 Å². The molecule has 17 heavy (non-hydrogen) atoms. The number of primary amides is 1. The maximum atomic E-state index is 12.2. The first-order valence-electron chi connectivity index (χ1n) is 5.39. The molecule has 0 radical (unpaired) electrons. The normalized spacial score (nSPS) is 17.5. The van der Waals surface area contributed by atoms with Gasteiger partial charge in [-0.2, -0.15) is 4.31 Å². The van der Waals surface area contributed by atoms with Gasteiger partial charge in [0.1, 0.15) is 10.6 Å². The average molecular weight is 257 g/mol. The molecule has 0 aromatic carbocycles. The number of carbonyl (C=O) groups excluding carboxylic acids is 1. The molecule has 0 unspecified atom stereocenters. The first-order chi connectivity index (χ1) is 7.93. The van der Waals surface area contributed by atoms with Gasteiger partial charge >= 0.3 is 0 Å². The molecule has 1 aromatic heterocycles. The smallest absolute Gasteiger partial charge is 0.265 e. The van der Waals surface area contributed by atoms with Crippen molar-refractivity contribution in [1.82, 2.24) is 8.87 Å². The van der Waals surface area contributed by atoms with Crippen molar-refractivity contribution in [1.29, 1.82) is 0 Å². The number of aromatic nitrogens is 1. The third kappa shape index (κ3) is 2.07. The van der Waals surface area contributed by atoms with Crippen LogP contribution in [0.2, 0.25) is 0 Å². The van der Waals surface area contributed by atoms with Crippen molar-refractivity contribution in [3.8, 4) is 0 Å². The van der Waals surface area contributed by atoms with Crippen LogP contribution in [0.4, 0.5) is 0 Å². The molecule has 1 saturated heterocycles. The number of nitrogens with zero attached hydrogens (tertiary/aromatic N) is 2. The first-order valence-corrected chi connectivity index (χ1v) is 6.83. The minimum Gasteiger partial charge on any atom is -0.364 e. The third-order valence-corrected chi connectivity index (χ3v) is 4.80. The Balaban J connectivity index is 2.40. The summed E-state index contributed by atoms with van der Waals surface area (Å²) >= 11 is 0. The minimum atomic E-state index is -3.47. The van der Waals surface area contributed by atoms with Crippen LogP contribution in [0.5, 0.6) is 0 Å². The summed E-state index contributed by atoms with van der Waals surface area (Å²) in [4.78, 5) is 11.2. The van der Waals surface area contributed by atoms with Gasteiger partial charge in [-0.15, -0.1) is 0 Å². The zero-order valence-corrected chi connectivity index (χ0v) is 10.4. The summed E-state index contributed by atoms with van der Waals surface area (Å²) in [7, 11) is -1.87. The van der Waals surface area contributed by atoms with E-state index in [9.17, 15) is 13.2 Å². The van der Waals surface area contributed by atoms with Gasteiger partial charge in [-0.1, -0.05) is 0 Å². The molecule has 0 aliphatic carbocycles. The Morgan fingerprint density at radius 1 is 1.35 bits per heavy atom. The van der Waals surface area contributed by atoms with Gasteiger partial charge in [-0.3, -0.25) is 4.79 Å². The lowest BCUT2D eigenvalue weighted by molar-refractivity contribution is 0.0992. The Bertz CT molecular complexity index is 541. The Kier molecular flexibility index (Phi) is 2.96. The van der Waals surface area contributed by atoms with Gasteiger partial charge in [0.05, 0.1) is 0 Å². The van der Waals surface area contributed by atoms with E-state index in [0.29, 0.717) is 13.1 Å². The number of amides is 1. The Labute approximate surface area is 100 Å². The predicted molar refractivity (Wildman–Crippen MR) is 61.9 cm³/mol. The van der Waals surface area contributed by atoms with Crippen molar-refractivity contribution in [2.45, 2.75) is 17.7 Å². The fourth-order valence-electron chi connectivity index (χ4n) is 2.00. The lowest BCUT2D eigenvalue weighted by Crippen LogP contribution is -2.27.